The van der Waals surface area contributed by atoms with Crippen LogP contribution in [0.15, 0.2) is 11.6 Å². The van der Waals surface area contributed by atoms with E-state index in [1.807, 2.05) is 0 Å². The van der Waals surface area contributed by atoms with Gasteiger partial charge in [0.1, 0.15) is 6.61 Å². The van der Waals surface area contributed by atoms with E-state index in [1.165, 1.54) is 13.8 Å². The average Bonchev–Trinajstić information content (AvgIpc) is 2.18. The maximum Gasteiger partial charge on any atom is 0.389 e. The summed E-state index contributed by atoms with van der Waals surface area (Å²) in [4.78, 5) is 10.7. The van der Waals surface area contributed by atoms with Crippen LogP contribution >= 0.6 is 7.60 Å². The van der Waals surface area contributed by atoms with E-state index in [4.69, 9.17) is 5.11 Å². The molecule has 0 bridgehead atoms. The van der Waals surface area contributed by atoms with Gasteiger partial charge in [0.2, 0.25) is 5.57 Å². The number of aliphatic hydroxyl groups excluding tert-OH is 1. The molecule has 0 amide bonds. The largest absolute Gasteiger partial charge is 0.389 e. The van der Waals surface area contributed by atoms with Crippen molar-refractivity contribution in [1.29, 1.82) is 0 Å². The molecule has 0 rings (SSSR count). The quantitative estimate of drug-likeness (QED) is 0.540. The topological polar surface area (TPSA) is 72.8 Å². The summed E-state index contributed by atoms with van der Waals surface area (Å²) in [6, 6.07) is 0. The van der Waals surface area contributed by atoms with Gasteiger partial charge in [-0.3, -0.25) is 9.36 Å². The predicted octanol–water partition coefficient (Wildman–Crippen LogP) is 1.62. The van der Waals surface area contributed by atoms with Crippen LogP contribution in [0.1, 0.15) is 13.8 Å². The second kappa shape index (κ2) is 6.85. The van der Waals surface area contributed by atoms with Crippen molar-refractivity contribution in [2.75, 3.05) is 19.8 Å². The van der Waals surface area contributed by atoms with Gasteiger partial charge in [0.05, 0.1) is 13.2 Å². The molecule has 0 saturated heterocycles. The second-order valence-corrected chi connectivity index (χ2v) is 4.36. The molecular weight excluding hydrogens is 226 g/mol. The first-order chi connectivity index (χ1) is 7.00. The Bertz CT molecular complexity index is 279. The lowest BCUT2D eigenvalue weighted by Crippen LogP contribution is -2.02. The zero-order valence-corrected chi connectivity index (χ0v) is 9.50. The zero-order valence-electron chi connectivity index (χ0n) is 8.60. The van der Waals surface area contributed by atoms with Gasteiger partial charge in [0.25, 0.3) is 0 Å². The molecule has 1 N–H and O–H groups in total. The van der Waals surface area contributed by atoms with Crippen LogP contribution in [0.5, 0.6) is 0 Å². The number of hydrogen-bond acceptors (Lipinski definition) is 5. The van der Waals surface area contributed by atoms with E-state index < -0.39 is 25.6 Å². The van der Waals surface area contributed by atoms with Crippen LogP contribution in [0.3, 0.4) is 0 Å². The van der Waals surface area contributed by atoms with Crippen LogP contribution in [0.25, 0.3) is 0 Å². The molecule has 0 unspecified atom stereocenters. The summed E-state index contributed by atoms with van der Waals surface area (Å²) < 4.78 is 34.2. The molecule has 0 aromatic carbocycles. The van der Waals surface area contributed by atoms with E-state index in [1.54, 1.807) is 0 Å². The highest BCUT2D eigenvalue weighted by atomic mass is 31.2. The minimum absolute atomic E-state index is 0.00808. The number of carbonyl (C=O) groups excluding carboxylic acids is 1. The van der Waals surface area contributed by atoms with Gasteiger partial charge < -0.3 is 14.2 Å². The summed E-state index contributed by atoms with van der Waals surface area (Å²) in [5.41, 5.74) is -1.29. The smallest absolute Gasteiger partial charge is 0.388 e. The third kappa shape index (κ3) is 4.66. The highest BCUT2D eigenvalue weighted by Crippen LogP contribution is 2.56. The van der Waals surface area contributed by atoms with Crippen LogP contribution < -0.4 is 0 Å². The molecule has 5 nitrogen and oxygen atoms in total. The molecule has 0 aromatic heterocycles. The third-order valence-electron chi connectivity index (χ3n) is 1.30. The fraction of sp³-hybridized carbons (Fsp3) is 0.625. The van der Waals surface area contributed by atoms with Gasteiger partial charge in [-0.2, -0.15) is 4.39 Å². The molecular formula is C8H14FO5P. The van der Waals surface area contributed by atoms with Crippen LogP contribution in [0.4, 0.5) is 4.39 Å². The molecule has 15 heavy (non-hydrogen) atoms. The van der Waals surface area contributed by atoms with Crippen molar-refractivity contribution < 1.29 is 27.9 Å². The highest BCUT2D eigenvalue weighted by molar-refractivity contribution is 7.58. The van der Waals surface area contributed by atoms with Crippen molar-refractivity contribution in [3.05, 3.63) is 11.6 Å². The van der Waals surface area contributed by atoms with E-state index in [0.717, 1.165) is 0 Å². The molecule has 0 aliphatic carbocycles. The number of carbonyl (C=O) groups is 1. The molecule has 0 fully saturated rings. The summed E-state index contributed by atoms with van der Waals surface area (Å²) in [6.07, 6.45) is 0.423. The number of rotatable bonds is 7. The molecule has 0 aliphatic heterocycles. The van der Waals surface area contributed by atoms with Gasteiger partial charge in [0.15, 0.2) is 5.78 Å². The molecule has 0 radical (unpaired) electrons. The summed E-state index contributed by atoms with van der Waals surface area (Å²) >= 11 is 0. The highest BCUT2D eigenvalue weighted by Gasteiger charge is 2.30. The van der Waals surface area contributed by atoms with Crippen molar-refractivity contribution in [3.63, 3.8) is 0 Å². The number of hydrogen-bond donors (Lipinski definition) is 1. The molecule has 0 atom stereocenters. The minimum Gasteiger partial charge on any atom is -0.388 e. The van der Waals surface area contributed by atoms with Gasteiger partial charge in [-0.15, -0.1) is 0 Å². The molecule has 88 valence electrons. The van der Waals surface area contributed by atoms with Gasteiger partial charge in [-0.25, -0.2) is 0 Å². The Morgan fingerprint density at radius 2 is 1.87 bits per heavy atom. The molecule has 0 saturated carbocycles. The number of aliphatic hydroxyl groups is 1. The minimum atomic E-state index is -4.01. The van der Waals surface area contributed by atoms with Crippen LogP contribution in [-0.2, 0) is 18.4 Å². The Morgan fingerprint density at radius 1 is 1.40 bits per heavy atom. The third-order valence-corrected chi connectivity index (χ3v) is 3.14. The van der Waals surface area contributed by atoms with E-state index in [-0.39, 0.29) is 13.2 Å². The van der Waals surface area contributed by atoms with Crippen LogP contribution in [-0.4, -0.2) is 30.7 Å². The van der Waals surface area contributed by atoms with E-state index in [2.05, 4.69) is 9.05 Å². The summed E-state index contributed by atoms with van der Waals surface area (Å²) in [5, 5.41) is 8.38. The first kappa shape index (κ1) is 14.5. The van der Waals surface area contributed by atoms with Crippen LogP contribution in [0.2, 0.25) is 0 Å². The first-order valence-electron chi connectivity index (χ1n) is 4.40. The van der Waals surface area contributed by atoms with Crippen molar-refractivity contribution in [1.82, 2.24) is 0 Å². The predicted molar refractivity (Wildman–Crippen MR) is 52.1 cm³/mol. The van der Waals surface area contributed by atoms with Crippen molar-refractivity contribution in [3.8, 4) is 0 Å². The Hall–Kier alpha value is -0.550. The van der Waals surface area contributed by atoms with Gasteiger partial charge in [-0.1, -0.05) is 0 Å². The standard InChI is InChI=1S/C8H14FO5P/c1-3-13-15(12,14-4-2)8(9)5-7(11)6-10/h5,10H,3-4,6H2,1-2H3/b8-5+. The molecule has 0 spiro atoms. The molecule has 0 heterocycles. The molecule has 7 heteroatoms. The summed E-state index contributed by atoms with van der Waals surface area (Å²) in [6.45, 7) is 2.17. The number of halogens is 1. The lowest BCUT2D eigenvalue weighted by molar-refractivity contribution is -0.117. The van der Waals surface area contributed by atoms with Gasteiger partial charge >= 0.3 is 7.60 Å². The fourth-order valence-corrected chi connectivity index (χ4v) is 2.06. The lowest BCUT2D eigenvalue weighted by Gasteiger charge is -2.14. The van der Waals surface area contributed by atoms with Crippen molar-refractivity contribution in [2.45, 2.75) is 13.8 Å². The lowest BCUT2D eigenvalue weighted by atomic mass is 10.4. The summed E-state index contributed by atoms with van der Waals surface area (Å²) in [5.74, 6) is -0.896. The van der Waals surface area contributed by atoms with E-state index in [9.17, 15) is 13.8 Å². The number of ketones is 1. The van der Waals surface area contributed by atoms with Gasteiger partial charge in [0, 0.05) is 6.08 Å². The van der Waals surface area contributed by atoms with Gasteiger partial charge in [-0.05, 0) is 13.8 Å². The second-order valence-electron chi connectivity index (χ2n) is 2.42. The van der Waals surface area contributed by atoms with Crippen molar-refractivity contribution in [2.24, 2.45) is 0 Å². The fourth-order valence-electron chi connectivity index (χ4n) is 0.758. The van der Waals surface area contributed by atoms with Crippen LogP contribution in [0, 0.1) is 0 Å². The zero-order chi connectivity index (χ0) is 11.9. The maximum atomic E-state index is 13.3. The maximum absolute atomic E-state index is 13.3. The van der Waals surface area contributed by atoms with Crippen molar-refractivity contribution >= 4 is 13.4 Å². The average molecular weight is 240 g/mol. The Kier molecular flexibility index (Phi) is 6.60. The van der Waals surface area contributed by atoms with E-state index in [0.29, 0.717) is 6.08 Å². The Labute approximate surface area is 87.4 Å². The normalized spacial score (nSPS) is 12.9. The Morgan fingerprint density at radius 3 is 2.20 bits per heavy atom. The van der Waals surface area contributed by atoms with E-state index >= 15 is 0 Å². The summed E-state index contributed by atoms with van der Waals surface area (Å²) in [7, 11) is -4.01. The SMILES string of the molecule is CCOP(=O)(OCC)/C(F)=C/C(=O)CO. The molecule has 0 aliphatic rings. The molecule has 0 aromatic rings. The monoisotopic (exact) mass is 240 g/mol. The first-order valence-corrected chi connectivity index (χ1v) is 5.95. The Balaban J connectivity index is 4.83.